The third kappa shape index (κ3) is 57.9. The molecule has 0 spiro atoms. The lowest BCUT2D eigenvalue weighted by atomic mass is 10.0. The van der Waals surface area contributed by atoms with Crippen LogP contribution in [0.3, 0.4) is 0 Å². The van der Waals surface area contributed by atoms with Crippen molar-refractivity contribution in [1.82, 2.24) is 0 Å². The fourth-order valence-corrected chi connectivity index (χ4v) is 8.90. The average Bonchev–Trinajstić information content (AvgIpc) is 3.37. The number of rotatable bonds is 56. The number of carbonyl (C=O) groups is 3. The lowest BCUT2D eigenvalue weighted by Crippen LogP contribution is -2.30. The zero-order valence-corrected chi connectivity index (χ0v) is 47.2. The standard InChI is InChI=1S/C65H116O6/c1-4-7-10-13-16-19-21-23-25-27-29-30-31-32-33-34-35-36-37-39-40-42-44-46-49-52-55-58-64(67)70-61-62(60-69-63(66)57-54-51-48-18-15-12-9-6-3)71-65(68)59-56-53-50-47-45-43-41-38-28-26-24-22-20-17-14-11-8-5-2/h7,10,16,19,23,25-26,28-30,62H,4-6,8-9,11-15,17-18,20-22,24,27,31-61H2,1-3H3/b10-7-,19-16-,25-23-,28-26-,30-29-. The van der Waals surface area contributed by atoms with Crippen molar-refractivity contribution >= 4 is 17.9 Å². The molecule has 0 amide bonds. The third-order valence-electron chi connectivity index (χ3n) is 13.5. The number of esters is 3. The van der Waals surface area contributed by atoms with Crippen LogP contribution < -0.4 is 0 Å². The number of unbranched alkanes of at least 4 members (excludes halogenated alkanes) is 35. The molecule has 0 N–H and O–H groups in total. The summed E-state index contributed by atoms with van der Waals surface area (Å²) in [5.41, 5.74) is 0. The van der Waals surface area contributed by atoms with Gasteiger partial charge >= 0.3 is 17.9 Å². The Morgan fingerprint density at radius 2 is 0.549 bits per heavy atom. The van der Waals surface area contributed by atoms with Gasteiger partial charge in [0.2, 0.25) is 0 Å². The van der Waals surface area contributed by atoms with Crippen molar-refractivity contribution in [1.29, 1.82) is 0 Å². The Bertz CT molecular complexity index is 1280. The average molecular weight is 994 g/mol. The molecule has 0 bridgehead atoms. The predicted octanol–water partition coefficient (Wildman–Crippen LogP) is 20.8. The summed E-state index contributed by atoms with van der Waals surface area (Å²) in [6.45, 7) is 6.53. The minimum absolute atomic E-state index is 0.0725. The first kappa shape index (κ1) is 68.1. The van der Waals surface area contributed by atoms with Crippen molar-refractivity contribution < 1.29 is 28.6 Å². The van der Waals surface area contributed by atoms with Gasteiger partial charge in [-0.05, 0) is 83.5 Å². The molecule has 0 aliphatic rings. The molecular weight excluding hydrogens is 877 g/mol. The first-order chi connectivity index (χ1) is 35.0. The minimum Gasteiger partial charge on any atom is -0.462 e. The van der Waals surface area contributed by atoms with E-state index in [0.29, 0.717) is 19.3 Å². The van der Waals surface area contributed by atoms with Crippen molar-refractivity contribution in [3.05, 3.63) is 60.8 Å². The Kier molecular flexibility index (Phi) is 57.2. The van der Waals surface area contributed by atoms with Gasteiger partial charge in [0, 0.05) is 19.3 Å². The molecule has 6 nitrogen and oxygen atoms in total. The van der Waals surface area contributed by atoms with Gasteiger partial charge in [0.1, 0.15) is 13.2 Å². The number of carbonyl (C=O) groups excluding carboxylic acids is 3. The predicted molar refractivity (Wildman–Crippen MR) is 307 cm³/mol. The maximum Gasteiger partial charge on any atom is 0.306 e. The van der Waals surface area contributed by atoms with Crippen LogP contribution in [-0.4, -0.2) is 37.2 Å². The van der Waals surface area contributed by atoms with Crippen LogP contribution in [0.25, 0.3) is 0 Å². The first-order valence-electron chi connectivity index (χ1n) is 30.8. The highest BCUT2D eigenvalue weighted by molar-refractivity contribution is 5.71. The lowest BCUT2D eigenvalue weighted by molar-refractivity contribution is -0.167. The van der Waals surface area contributed by atoms with Gasteiger partial charge < -0.3 is 14.2 Å². The van der Waals surface area contributed by atoms with Gasteiger partial charge in [-0.2, -0.15) is 0 Å². The van der Waals surface area contributed by atoms with Gasteiger partial charge in [-0.25, -0.2) is 0 Å². The van der Waals surface area contributed by atoms with E-state index in [-0.39, 0.29) is 31.1 Å². The summed E-state index contributed by atoms with van der Waals surface area (Å²) in [7, 11) is 0. The molecule has 0 saturated carbocycles. The molecule has 0 radical (unpaired) electrons. The second-order valence-corrected chi connectivity index (χ2v) is 20.6. The molecular formula is C65H116O6. The molecule has 0 rings (SSSR count). The number of hydrogen-bond acceptors (Lipinski definition) is 6. The van der Waals surface area contributed by atoms with Gasteiger partial charge in [0.15, 0.2) is 6.10 Å². The molecule has 0 aliphatic carbocycles. The van der Waals surface area contributed by atoms with E-state index in [9.17, 15) is 14.4 Å². The Hall–Kier alpha value is -2.89. The summed E-state index contributed by atoms with van der Waals surface area (Å²) in [6.07, 6.45) is 75.3. The quantitative estimate of drug-likeness (QED) is 0.0261. The Morgan fingerprint density at radius 3 is 0.873 bits per heavy atom. The van der Waals surface area contributed by atoms with E-state index < -0.39 is 6.10 Å². The van der Waals surface area contributed by atoms with Crippen LogP contribution in [-0.2, 0) is 28.6 Å². The second-order valence-electron chi connectivity index (χ2n) is 20.6. The van der Waals surface area contributed by atoms with Crippen LogP contribution in [0.15, 0.2) is 60.8 Å². The number of ether oxygens (including phenoxy) is 3. The Morgan fingerprint density at radius 1 is 0.296 bits per heavy atom. The topological polar surface area (TPSA) is 78.9 Å². The maximum absolute atomic E-state index is 12.8. The summed E-state index contributed by atoms with van der Waals surface area (Å²) in [5, 5.41) is 0. The molecule has 0 aromatic rings. The highest BCUT2D eigenvalue weighted by Crippen LogP contribution is 2.17. The second kappa shape index (κ2) is 59.7. The van der Waals surface area contributed by atoms with Crippen molar-refractivity contribution in [2.24, 2.45) is 0 Å². The molecule has 6 heteroatoms. The smallest absolute Gasteiger partial charge is 0.306 e. The van der Waals surface area contributed by atoms with Crippen LogP contribution in [0.4, 0.5) is 0 Å². The molecule has 0 fully saturated rings. The number of allylic oxidation sites excluding steroid dienone is 10. The van der Waals surface area contributed by atoms with Crippen molar-refractivity contribution in [2.45, 2.75) is 322 Å². The molecule has 412 valence electrons. The molecule has 1 atom stereocenters. The lowest BCUT2D eigenvalue weighted by Gasteiger charge is -2.18. The van der Waals surface area contributed by atoms with E-state index in [2.05, 4.69) is 81.5 Å². The van der Waals surface area contributed by atoms with Gasteiger partial charge in [-0.1, -0.05) is 274 Å². The normalized spacial score (nSPS) is 12.4. The summed E-state index contributed by atoms with van der Waals surface area (Å²) < 4.78 is 16.8. The zero-order valence-electron chi connectivity index (χ0n) is 47.2. The molecule has 0 aromatic carbocycles. The summed E-state index contributed by atoms with van der Waals surface area (Å²) >= 11 is 0. The molecule has 0 aliphatic heterocycles. The van der Waals surface area contributed by atoms with Gasteiger partial charge in [0.05, 0.1) is 0 Å². The maximum atomic E-state index is 12.8. The van der Waals surface area contributed by atoms with Gasteiger partial charge in [-0.15, -0.1) is 0 Å². The van der Waals surface area contributed by atoms with E-state index in [0.717, 1.165) is 83.5 Å². The SMILES string of the molecule is CC/C=C\C/C=C\C/C=C\C/C=C\CCCCCCCCCCCCCCCCC(=O)OCC(COC(=O)CCCCCCCCCC)OC(=O)CCCCCCCCC/C=C\CCCCCCCCC. The minimum atomic E-state index is -0.773. The van der Waals surface area contributed by atoms with Gasteiger partial charge in [-0.3, -0.25) is 14.4 Å². The highest BCUT2D eigenvalue weighted by Gasteiger charge is 2.19. The van der Waals surface area contributed by atoms with Gasteiger partial charge in [0.25, 0.3) is 0 Å². The highest BCUT2D eigenvalue weighted by atomic mass is 16.6. The fourth-order valence-electron chi connectivity index (χ4n) is 8.90. The van der Waals surface area contributed by atoms with Crippen LogP contribution >= 0.6 is 0 Å². The van der Waals surface area contributed by atoms with Crippen molar-refractivity contribution in [3.8, 4) is 0 Å². The van der Waals surface area contributed by atoms with E-state index in [4.69, 9.17) is 14.2 Å². The third-order valence-corrected chi connectivity index (χ3v) is 13.5. The van der Waals surface area contributed by atoms with E-state index in [1.165, 1.54) is 193 Å². The molecule has 0 saturated heterocycles. The molecule has 71 heavy (non-hydrogen) atoms. The van der Waals surface area contributed by atoms with Crippen LogP contribution in [0.1, 0.15) is 316 Å². The van der Waals surface area contributed by atoms with E-state index in [1.807, 2.05) is 0 Å². The summed E-state index contributed by atoms with van der Waals surface area (Å²) in [5.74, 6) is -0.867. The van der Waals surface area contributed by atoms with E-state index in [1.54, 1.807) is 0 Å². The van der Waals surface area contributed by atoms with Crippen LogP contribution in [0, 0.1) is 0 Å². The molecule has 1 unspecified atom stereocenters. The molecule has 0 aromatic heterocycles. The van der Waals surface area contributed by atoms with Crippen molar-refractivity contribution in [2.75, 3.05) is 13.2 Å². The monoisotopic (exact) mass is 993 g/mol. The zero-order chi connectivity index (χ0) is 51.4. The first-order valence-corrected chi connectivity index (χ1v) is 30.8. The Balaban J connectivity index is 4.14. The number of hydrogen-bond donors (Lipinski definition) is 0. The summed E-state index contributed by atoms with van der Waals surface area (Å²) in [6, 6.07) is 0. The van der Waals surface area contributed by atoms with E-state index >= 15 is 0 Å². The van der Waals surface area contributed by atoms with Crippen LogP contribution in [0.2, 0.25) is 0 Å². The van der Waals surface area contributed by atoms with Crippen molar-refractivity contribution in [3.63, 3.8) is 0 Å². The van der Waals surface area contributed by atoms with Crippen LogP contribution in [0.5, 0.6) is 0 Å². The fraction of sp³-hybridized carbons (Fsp3) is 0.800. The Labute approximate surface area is 440 Å². The largest absolute Gasteiger partial charge is 0.462 e. The summed E-state index contributed by atoms with van der Waals surface area (Å²) in [4.78, 5) is 38.1. The molecule has 0 heterocycles.